The van der Waals surface area contributed by atoms with Gasteiger partial charge in [0.1, 0.15) is 0 Å². The summed E-state index contributed by atoms with van der Waals surface area (Å²) in [5.74, 6) is -0.478. The van der Waals surface area contributed by atoms with E-state index in [9.17, 15) is 23.1 Å². The van der Waals surface area contributed by atoms with Crippen molar-refractivity contribution in [1.29, 1.82) is 0 Å². The number of fused-ring (bicyclic) bond motifs is 1. The third-order valence-corrected chi connectivity index (χ3v) is 5.38. The molecule has 2 aromatic carbocycles. The van der Waals surface area contributed by atoms with Crippen molar-refractivity contribution in [2.75, 3.05) is 0 Å². The molecule has 8 heteroatoms. The third-order valence-electron chi connectivity index (χ3n) is 5.38. The zero-order valence-electron chi connectivity index (χ0n) is 17.3. The molecule has 1 heterocycles. The van der Waals surface area contributed by atoms with Gasteiger partial charge >= 0.3 is 6.18 Å². The molecule has 0 spiro atoms. The van der Waals surface area contributed by atoms with Crippen LogP contribution in [0, 0.1) is 19.8 Å². The van der Waals surface area contributed by atoms with Crippen LogP contribution in [0.2, 0.25) is 0 Å². The van der Waals surface area contributed by atoms with E-state index >= 15 is 0 Å². The highest BCUT2D eigenvalue weighted by molar-refractivity contribution is 6.13. The zero-order valence-corrected chi connectivity index (χ0v) is 17.3. The number of halogens is 3. The topological polar surface area (TPSA) is 66.6 Å². The molecule has 0 aliphatic heterocycles. The first kappa shape index (κ1) is 21.0. The number of aryl methyl sites for hydroxylation is 2. The number of nitrogens with one attached hydrogen (secondary N) is 1. The smallest absolute Gasteiger partial charge is 0.416 e. The molecule has 0 bridgehead atoms. The largest absolute Gasteiger partial charge is 0.494 e. The summed E-state index contributed by atoms with van der Waals surface area (Å²) >= 11 is 0. The first-order valence-electron chi connectivity index (χ1n) is 9.94. The number of nitrogens with zero attached hydrogens (tertiary/aromatic N) is 2. The highest BCUT2D eigenvalue weighted by Gasteiger charge is 2.32. The van der Waals surface area contributed by atoms with E-state index in [2.05, 4.69) is 10.5 Å². The van der Waals surface area contributed by atoms with Crippen LogP contribution in [0.5, 0.6) is 5.88 Å². The van der Waals surface area contributed by atoms with E-state index < -0.39 is 11.7 Å². The molecule has 1 aromatic heterocycles. The van der Waals surface area contributed by atoms with Gasteiger partial charge in [-0.05, 0) is 69.0 Å². The van der Waals surface area contributed by atoms with Crippen LogP contribution in [0.3, 0.4) is 0 Å². The molecule has 1 amide bonds. The van der Waals surface area contributed by atoms with Crippen LogP contribution >= 0.6 is 0 Å². The summed E-state index contributed by atoms with van der Waals surface area (Å²) in [4.78, 5) is 11.9. The fraction of sp³-hybridized carbons (Fsp3) is 0.304. The number of hydrogen-bond donors (Lipinski definition) is 2. The van der Waals surface area contributed by atoms with E-state index in [1.54, 1.807) is 19.1 Å². The van der Waals surface area contributed by atoms with Crippen LogP contribution < -0.4 is 5.43 Å². The van der Waals surface area contributed by atoms with Crippen LogP contribution in [0.15, 0.2) is 41.5 Å². The predicted molar refractivity (Wildman–Crippen MR) is 112 cm³/mol. The minimum absolute atomic E-state index is 0.0453. The fourth-order valence-electron chi connectivity index (χ4n) is 3.78. The summed E-state index contributed by atoms with van der Waals surface area (Å²) in [6.07, 6.45) is -2.89. The second-order valence-corrected chi connectivity index (χ2v) is 8.06. The van der Waals surface area contributed by atoms with Gasteiger partial charge in [-0.3, -0.25) is 9.36 Å². The van der Waals surface area contributed by atoms with Crippen LogP contribution in [-0.2, 0) is 11.0 Å². The van der Waals surface area contributed by atoms with Crippen molar-refractivity contribution >= 4 is 22.5 Å². The molecule has 1 aliphatic carbocycles. The maximum atomic E-state index is 13.4. The van der Waals surface area contributed by atoms with E-state index in [1.165, 1.54) is 10.6 Å². The Hall–Kier alpha value is -3.29. The maximum Gasteiger partial charge on any atom is 0.416 e. The first-order chi connectivity index (χ1) is 14.6. The Kier molecular flexibility index (Phi) is 5.03. The molecule has 0 radical (unpaired) electrons. The molecule has 0 saturated heterocycles. The summed E-state index contributed by atoms with van der Waals surface area (Å²) in [7, 11) is 0. The molecule has 1 saturated carbocycles. The molecule has 1 aliphatic rings. The number of aromatic nitrogens is 1. The summed E-state index contributed by atoms with van der Waals surface area (Å²) in [5, 5.41) is 15.6. The Morgan fingerprint density at radius 3 is 2.35 bits per heavy atom. The molecule has 162 valence electrons. The van der Waals surface area contributed by atoms with Gasteiger partial charge in [0.05, 0.1) is 22.4 Å². The molecule has 31 heavy (non-hydrogen) atoms. The molecular weight excluding hydrogens is 407 g/mol. The maximum absolute atomic E-state index is 13.4. The van der Waals surface area contributed by atoms with E-state index in [0.29, 0.717) is 16.8 Å². The van der Waals surface area contributed by atoms with Crippen molar-refractivity contribution in [3.8, 4) is 11.6 Å². The molecule has 4 rings (SSSR count). The number of benzene rings is 2. The van der Waals surface area contributed by atoms with Gasteiger partial charge < -0.3 is 5.11 Å². The predicted octanol–water partition coefficient (Wildman–Crippen LogP) is 5.22. The summed E-state index contributed by atoms with van der Waals surface area (Å²) in [5.41, 5.74) is 4.82. The number of amides is 1. The van der Waals surface area contributed by atoms with Crippen molar-refractivity contribution in [3.05, 3.63) is 58.7 Å². The second-order valence-electron chi connectivity index (χ2n) is 8.06. The molecule has 5 nitrogen and oxygen atoms in total. The van der Waals surface area contributed by atoms with Crippen LogP contribution in [0.4, 0.5) is 13.2 Å². The number of hydrazone groups is 1. The second kappa shape index (κ2) is 7.44. The standard InChI is InChI=1S/C23H22F3N3O2/c1-12-8-13(2)10-17(9-12)29-19-11-16(23(24,25)26)6-7-18(19)20(22(29)31)14(3)27-28-21(30)15-4-5-15/h6-11,15,31H,4-5H2,1-3H3,(H,28,30)/b27-14+. The van der Waals surface area contributed by atoms with Crippen molar-refractivity contribution < 1.29 is 23.1 Å². The SMILES string of the molecule is C/C(=N\NC(=O)C1CC1)c1c(O)n(-c2cc(C)cc(C)c2)c2cc(C(F)(F)F)ccc12. The van der Waals surface area contributed by atoms with Gasteiger partial charge in [-0.15, -0.1) is 0 Å². The monoisotopic (exact) mass is 429 g/mol. The number of carbonyl (C=O) groups excluding carboxylic acids is 1. The summed E-state index contributed by atoms with van der Waals surface area (Å²) < 4.78 is 41.6. The lowest BCUT2D eigenvalue weighted by molar-refractivity contribution is -0.137. The molecule has 3 aromatic rings. The minimum atomic E-state index is -4.52. The Bertz CT molecular complexity index is 1200. The quantitative estimate of drug-likeness (QED) is 0.441. The van der Waals surface area contributed by atoms with Gasteiger partial charge in [-0.25, -0.2) is 5.43 Å². The normalized spacial score (nSPS) is 14.8. The Morgan fingerprint density at radius 1 is 1.13 bits per heavy atom. The lowest BCUT2D eigenvalue weighted by Gasteiger charge is -2.11. The lowest BCUT2D eigenvalue weighted by Crippen LogP contribution is -2.20. The van der Waals surface area contributed by atoms with Gasteiger partial charge in [0.2, 0.25) is 11.8 Å². The number of aromatic hydroxyl groups is 1. The van der Waals surface area contributed by atoms with Gasteiger partial charge in [0, 0.05) is 17.0 Å². The van der Waals surface area contributed by atoms with Crippen molar-refractivity contribution in [3.63, 3.8) is 0 Å². The van der Waals surface area contributed by atoms with Gasteiger partial charge in [-0.2, -0.15) is 18.3 Å². The number of rotatable bonds is 4. The van der Waals surface area contributed by atoms with Gasteiger partial charge in [0.15, 0.2) is 0 Å². The van der Waals surface area contributed by atoms with Crippen molar-refractivity contribution in [2.45, 2.75) is 39.8 Å². The van der Waals surface area contributed by atoms with E-state index in [4.69, 9.17) is 0 Å². The fourth-order valence-corrected chi connectivity index (χ4v) is 3.78. The third kappa shape index (κ3) is 4.02. The number of hydrogen-bond acceptors (Lipinski definition) is 3. The Balaban J connectivity index is 1.93. The summed E-state index contributed by atoms with van der Waals surface area (Å²) in [6.45, 7) is 5.36. The average molecular weight is 429 g/mol. The highest BCUT2D eigenvalue weighted by Crippen LogP contribution is 2.39. The van der Waals surface area contributed by atoms with Gasteiger partial charge in [0.25, 0.3) is 0 Å². The Labute approximate surface area is 177 Å². The van der Waals surface area contributed by atoms with Crippen LogP contribution in [0.25, 0.3) is 16.6 Å². The zero-order chi connectivity index (χ0) is 22.5. The lowest BCUT2D eigenvalue weighted by atomic mass is 10.1. The number of carbonyl (C=O) groups is 1. The molecule has 0 unspecified atom stereocenters. The molecule has 2 N–H and O–H groups in total. The highest BCUT2D eigenvalue weighted by atomic mass is 19.4. The molecule has 0 atom stereocenters. The van der Waals surface area contributed by atoms with E-state index in [1.807, 2.05) is 19.9 Å². The first-order valence-corrected chi connectivity index (χ1v) is 9.94. The van der Waals surface area contributed by atoms with Crippen molar-refractivity contribution in [1.82, 2.24) is 9.99 Å². The average Bonchev–Trinajstić information content (AvgIpc) is 3.47. The summed E-state index contributed by atoms with van der Waals surface area (Å²) in [6, 6.07) is 8.84. The van der Waals surface area contributed by atoms with E-state index in [-0.39, 0.29) is 28.8 Å². The van der Waals surface area contributed by atoms with Crippen LogP contribution in [0.1, 0.15) is 42.0 Å². The molecular formula is C23H22F3N3O2. The Morgan fingerprint density at radius 2 is 1.77 bits per heavy atom. The minimum Gasteiger partial charge on any atom is -0.494 e. The van der Waals surface area contributed by atoms with Crippen molar-refractivity contribution in [2.24, 2.45) is 11.0 Å². The number of alkyl halides is 3. The molecule has 1 fully saturated rings. The van der Waals surface area contributed by atoms with E-state index in [0.717, 1.165) is 36.1 Å². The van der Waals surface area contributed by atoms with Crippen LogP contribution in [-0.4, -0.2) is 21.3 Å². The van der Waals surface area contributed by atoms with Gasteiger partial charge in [-0.1, -0.05) is 12.1 Å².